The van der Waals surface area contributed by atoms with E-state index in [1.807, 2.05) is 0 Å². The van der Waals surface area contributed by atoms with Gasteiger partial charge < -0.3 is 15.5 Å². The first-order valence-corrected chi connectivity index (χ1v) is 9.16. The Balaban J connectivity index is 2.14. The summed E-state index contributed by atoms with van der Waals surface area (Å²) in [4.78, 5) is 3.68. The van der Waals surface area contributed by atoms with Crippen LogP contribution in [0.25, 0.3) is 22.2 Å². The molecule has 132 valence electrons. The molecule has 0 spiro atoms. The van der Waals surface area contributed by atoms with Crippen molar-refractivity contribution in [1.29, 1.82) is 0 Å². The molecule has 3 heteroatoms. The van der Waals surface area contributed by atoms with Gasteiger partial charge in [0.25, 0.3) is 0 Å². The zero-order valence-electron chi connectivity index (χ0n) is 15.5. The molecule has 0 bridgehead atoms. The fourth-order valence-electron chi connectivity index (χ4n) is 3.47. The van der Waals surface area contributed by atoms with E-state index in [0.717, 1.165) is 38.0 Å². The number of ether oxygens (including phenoxy) is 1. The summed E-state index contributed by atoms with van der Waals surface area (Å²) in [5, 5.41) is 1.27. The Labute approximate surface area is 150 Å². The maximum absolute atomic E-state index is 5.70. The third-order valence-corrected chi connectivity index (χ3v) is 4.95. The van der Waals surface area contributed by atoms with Gasteiger partial charge in [0.1, 0.15) is 5.75 Å². The average Bonchev–Trinajstić information content (AvgIpc) is 3.01. The second-order valence-electron chi connectivity index (χ2n) is 6.64. The minimum atomic E-state index is 0.741. The van der Waals surface area contributed by atoms with Gasteiger partial charge in [-0.15, -0.1) is 0 Å². The summed E-state index contributed by atoms with van der Waals surface area (Å²) in [5.74, 6) is 0.914. The molecular weight excluding hydrogens is 308 g/mol. The van der Waals surface area contributed by atoms with E-state index in [4.69, 9.17) is 10.5 Å². The van der Waals surface area contributed by atoms with E-state index in [1.54, 1.807) is 7.11 Å². The molecule has 1 aromatic heterocycles. The summed E-state index contributed by atoms with van der Waals surface area (Å²) in [5.41, 5.74) is 13.3. The van der Waals surface area contributed by atoms with Crippen molar-refractivity contribution in [3.8, 4) is 17.0 Å². The first kappa shape index (κ1) is 17.6. The second kappa shape index (κ2) is 7.75. The highest BCUT2D eigenvalue weighted by atomic mass is 16.5. The molecule has 0 saturated heterocycles. The Kier molecular flexibility index (Phi) is 5.44. The third-order valence-electron chi connectivity index (χ3n) is 4.95. The van der Waals surface area contributed by atoms with E-state index >= 15 is 0 Å². The quantitative estimate of drug-likeness (QED) is 0.597. The fraction of sp³-hybridized carbons (Fsp3) is 0.364. The molecule has 0 aliphatic heterocycles. The van der Waals surface area contributed by atoms with Crippen LogP contribution in [-0.4, -0.2) is 18.6 Å². The van der Waals surface area contributed by atoms with Crippen molar-refractivity contribution in [1.82, 2.24) is 4.98 Å². The lowest BCUT2D eigenvalue weighted by Crippen LogP contribution is -1.99. The van der Waals surface area contributed by atoms with Gasteiger partial charge in [-0.1, -0.05) is 31.2 Å². The van der Waals surface area contributed by atoms with Crippen LogP contribution < -0.4 is 10.5 Å². The van der Waals surface area contributed by atoms with Crippen LogP contribution in [0.4, 0.5) is 0 Å². The third kappa shape index (κ3) is 3.57. The molecule has 25 heavy (non-hydrogen) atoms. The predicted molar refractivity (Wildman–Crippen MR) is 106 cm³/mol. The van der Waals surface area contributed by atoms with Crippen molar-refractivity contribution < 1.29 is 4.74 Å². The molecule has 0 unspecified atom stereocenters. The predicted octanol–water partition coefficient (Wildman–Crippen LogP) is 5.00. The number of fused-ring (bicyclic) bond motifs is 1. The minimum absolute atomic E-state index is 0.741. The summed E-state index contributed by atoms with van der Waals surface area (Å²) in [6, 6.07) is 13.1. The van der Waals surface area contributed by atoms with E-state index in [0.29, 0.717) is 0 Å². The standard InChI is InChI=1S/C22H28N2O/c1-4-16-8-10-17(11-9-16)22-19(7-5-6-12-23)20-14-18(25-3)13-15(2)21(20)24-22/h8-11,13-14,24H,4-7,12,23H2,1-3H3. The molecule has 0 saturated carbocycles. The van der Waals surface area contributed by atoms with Crippen molar-refractivity contribution in [3.05, 3.63) is 53.1 Å². The number of methoxy groups -OCH3 is 1. The van der Waals surface area contributed by atoms with Gasteiger partial charge in [-0.2, -0.15) is 0 Å². The van der Waals surface area contributed by atoms with Crippen LogP contribution in [-0.2, 0) is 12.8 Å². The lowest BCUT2D eigenvalue weighted by molar-refractivity contribution is 0.415. The summed E-state index contributed by atoms with van der Waals surface area (Å²) < 4.78 is 5.50. The number of nitrogens with one attached hydrogen (secondary N) is 1. The number of hydrogen-bond acceptors (Lipinski definition) is 2. The number of unbranched alkanes of at least 4 members (excludes halogenated alkanes) is 1. The molecule has 3 N–H and O–H groups in total. The second-order valence-corrected chi connectivity index (χ2v) is 6.64. The number of rotatable bonds is 7. The molecule has 3 rings (SSSR count). The fourth-order valence-corrected chi connectivity index (χ4v) is 3.47. The maximum atomic E-state index is 5.70. The Morgan fingerprint density at radius 2 is 1.84 bits per heavy atom. The highest BCUT2D eigenvalue weighted by Gasteiger charge is 2.15. The highest BCUT2D eigenvalue weighted by Crippen LogP contribution is 2.35. The minimum Gasteiger partial charge on any atom is -0.497 e. The van der Waals surface area contributed by atoms with Crippen molar-refractivity contribution in [2.45, 2.75) is 39.5 Å². The first-order valence-electron chi connectivity index (χ1n) is 9.16. The molecule has 0 amide bonds. The van der Waals surface area contributed by atoms with Crippen LogP contribution >= 0.6 is 0 Å². The average molecular weight is 336 g/mol. The highest BCUT2D eigenvalue weighted by molar-refractivity contribution is 5.93. The number of nitrogens with two attached hydrogens (primary N) is 1. The first-order chi connectivity index (χ1) is 12.2. The van der Waals surface area contributed by atoms with Crippen molar-refractivity contribution in [3.63, 3.8) is 0 Å². The Morgan fingerprint density at radius 3 is 2.48 bits per heavy atom. The van der Waals surface area contributed by atoms with Gasteiger partial charge in [0.2, 0.25) is 0 Å². The topological polar surface area (TPSA) is 51.0 Å². The number of hydrogen-bond donors (Lipinski definition) is 2. The maximum Gasteiger partial charge on any atom is 0.119 e. The summed E-state index contributed by atoms with van der Waals surface area (Å²) in [6.45, 7) is 5.06. The lowest BCUT2D eigenvalue weighted by atomic mass is 9.98. The van der Waals surface area contributed by atoms with E-state index in [-0.39, 0.29) is 0 Å². The van der Waals surface area contributed by atoms with Crippen LogP contribution in [0.5, 0.6) is 5.75 Å². The van der Waals surface area contributed by atoms with Crippen LogP contribution in [0.2, 0.25) is 0 Å². The summed E-state index contributed by atoms with van der Waals surface area (Å²) >= 11 is 0. The normalized spacial score (nSPS) is 11.2. The molecule has 0 aliphatic carbocycles. The van der Waals surface area contributed by atoms with Gasteiger partial charge >= 0.3 is 0 Å². The number of aromatic amines is 1. The van der Waals surface area contributed by atoms with E-state index in [9.17, 15) is 0 Å². The van der Waals surface area contributed by atoms with Crippen molar-refractivity contribution in [2.24, 2.45) is 5.73 Å². The van der Waals surface area contributed by atoms with E-state index in [2.05, 4.69) is 55.2 Å². The van der Waals surface area contributed by atoms with E-state index in [1.165, 1.54) is 38.9 Å². The molecule has 0 atom stereocenters. The molecule has 0 fully saturated rings. The zero-order chi connectivity index (χ0) is 17.8. The monoisotopic (exact) mass is 336 g/mol. The van der Waals surface area contributed by atoms with E-state index < -0.39 is 0 Å². The molecule has 0 aliphatic rings. The van der Waals surface area contributed by atoms with Crippen molar-refractivity contribution in [2.75, 3.05) is 13.7 Å². The summed E-state index contributed by atoms with van der Waals surface area (Å²) in [7, 11) is 1.73. The van der Waals surface area contributed by atoms with Gasteiger partial charge in [0.05, 0.1) is 7.11 Å². The number of aromatic nitrogens is 1. The largest absolute Gasteiger partial charge is 0.497 e. The van der Waals surface area contributed by atoms with Gasteiger partial charge in [-0.05, 0) is 73.5 Å². The van der Waals surface area contributed by atoms with Gasteiger partial charge in [0, 0.05) is 16.6 Å². The Morgan fingerprint density at radius 1 is 1.08 bits per heavy atom. The molecule has 2 aromatic carbocycles. The molecular formula is C22H28N2O. The van der Waals surface area contributed by atoms with Crippen LogP contribution in [0, 0.1) is 6.92 Å². The van der Waals surface area contributed by atoms with Crippen molar-refractivity contribution >= 4 is 10.9 Å². The lowest BCUT2D eigenvalue weighted by Gasteiger charge is -2.07. The molecule has 0 radical (unpaired) electrons. The Bertz CT molecular complexity index is 847. The number of benzene rings is 2. The number of H-pyrrole nitrogens is 1. The summed E-state index contributed by atoms with van der Waals surface area (Å²) in [6.07, 6.45) is 4.23. The van der Waals surface area contributed by atoms with Gasteiger partial charge in [0.15, 0.2) is 0 Å². The smallest absolute Gasteiger partial charge is 0.119 e. The van der Waals surface area contributed by atoms with Gasteiger partial charge in [-0.3, -0.25) is 0 Å². The molecule has 3 nitrogen and oxygen atoms in total. The van der Waals surface area contributed by atoms with Gasteiger partial charge in [-0.25, -0.2) is 0 Å². The van der Waals surface area contributed by atoms with Crippen LogP contribution in [0.1, 0.15) is 36.5 Å². The zero-order valence-corrected chi connectivity index (χ0v) is 15.5. The SMILES string of the molecule is CCc1ccc(-c2[nH]c3c(C)cc(OC)cc3c2CCCCN)cc1. The molecule has 1 heterocycles. The molecule has 3 aromatic rings. The van der Waals surface area contributed by atoms with Crippen LogP contribution in [0.3, 0.4) is 0 Å². The number of aryl methyl sites for hydroxylation is 3. The Hall–Kier alpha value is -2.26. The van der Waals surface area contributed by atoms with Crippen LogP contribution in [0.15, 0.2) is 36.4 Å².